The molecule has 3 unspecified atom stereocenters. The highest BCUT2D eigenvalue weighted by molar-refractivity contribution is 5.83. The van der Waals surface area contributed by atoms with Crippen molar-refractivity contribution in [3.05, 3.63) is 0 Å². The molecule has 6 heteroatoms. The van der Waals surface area contributed by atoms with Crippen molar-refractivity contribution in [1.29, 1.82) is 0 Å². The maximum absolute atomic E-state index is 12.0. The minimum Gasteiger partial charge on any atom is -0.481 e. The van der Waals surface area contributed by atoms with Crippen LogP contribution >= 0.6 is 0 Å². The van der Waals surface area contributed by atoms with Gasteiger partial charge in [0.15, 0.2) is 0 Å². The molecule has 0 bridgehead atoms. The summed E-state index contributed by atoms with van der Waals surface area (Å²) < 4.78 is 5.22. The Morgan fingerprint density at radius 1 is 1.61 bits per heavy atom. The number of ether oxygens (including phenoxy) is 1. The van der Waals surface area contributed by atoms with Gasteiger partial charge in [0, 0.05) is 19.0 Å². The van der Waals surface area contributed by atoms with E-state index in [-0.39, 0.29) is 24.3 Å². The maximum atomic E-state index is 12.0. The van der Waals surface area contributed by atoms with Crippen molar-refractivity contribution in [1.82, 2.24) is 5.32 Å². The zero-order valence-corrected chi connectivity index (χ0v) is 10.9. The fraction of sp³-hybridized carbons (Fsp3) is 0.833. The molecule has 0 aromatic carbocycles. The average Bonchev–Trinajstić information content (AvgIpc) is 2.65. The van der Waals surface area contributed by atoms with Crippen LogP contribution in [0.1, 0.15) is 26.7 Å². The quantitative estimate of drug-likeness (QED) is 0.621. The number of hydrogen-bond acceptors (Lipinski definition) is 4. The van der Waals surface area contributed by atoms with Crippen LogP contribution in [0.2, 0.25) is 0 Å². The summed E-state index contributed by atoms with van der Waals surface area (Å²) in [7, 11) is 0. The number of carboxylic acids is 1. The molecule has 104 valence electrons. The molecule has 0 aromatic heterocycles. The molecular formula is C12H22N2O4. The Morgan fingerprint density at radius 3 is 2.78 bits per heavy atom. The lowest BCUT2D eigenvalue weighted by atomic mass is 9.84. The Morgan fingerprint density at radius 2 is 2.28 bits per heavy atom. The highest BCUT2D eigenvalue weighted by Crippen LogP contribution is 2.27. The first-order valence-electron chi connectivity index (χ1n) is 6.19. The number of hydrogen-bond donors (Lipinski definition) is 3. The van der Waals surface area contributed by atoms with Crippen LogP contribution in [0, 0.1) is 11.3 Å². The van der Waals surface area contributed by atoms with Crippen molar-refractivity contribution in [3.63, 3.8) is 0 Å². The Kier molecular flexibility index (Phi) is 5.10. The lowest BCUT2D eigenvalue weighted by Gasteiger charge is -2.26. The highest BCUT2D eigenvalue weighted by Gasteiger charge is 2.44. The van der Waals surface area contributed by atoms with Crippen molar-refractivity contribution >= 4 is 11.9 Å². The summed E-state index contributed by atoms with van der Waals surface area (Å²) >= 11 is 0. The fourth-order valence-corrected chi connectivity index (χ4v) is 1.86. The van der Waals surface area contributed by atoms with Crippen molar-refractivity contribution in [3.8, 4) is 0 Å². The molecule has 0 aromatic rings. The molecule has 0 radical (unpaired) electrons. The minimum atomic E-state index is -0.814. The van der Waals surface area contributed by atoms with E-state index in [0.717, 1.165) is 0 Å². The third-order valence-corrected chi connectivity index (χ3v) is 3.50. The van der Waals surface area contributed by atoms with E-state index in [1.807, 2.05) is 6.92 Å². The van der Waals surface area contributed by atoms with Gasteiger partial charge in [-0.1, -0.05) is 6.92 Å². The summed E-state index contributed by atoms with van der Waals surface area (Å²) in [6, 6.07) is -0.285. The molecular weight excluding hydrogens is 236 g/mol. The van der Waals surface area contributed by atoms with Gasteiger partial charge in [0.05, 0.1) is 18.6 Å². The van der Waals surface area contributed by atoms with Crippen molar-refractivity contribution in [2.75, 3.05) is 19.8 Å². The van der Waals surface area contributed by atoms with Crippen LogP contribution in [0.3, 0.4) is 0 Å². The van der Waals surface area contributed by atoms with Gasteiger partial charge >= 0.3 is 5.97 Å². The predicted molar refractivity (Wildman–Crippen MR) is 65.9 cm³/mol. The molecule has 0 saturated carbocycles. The highest BCUT2D eigenvalue weighted by atomic mass is 16.5. The number of carbonyl (C=O) groups excluding carboxylic acids is 1. The lowest BCUT2D eigenvalue weighted by Crippen LogP contribution is -2.50. The second kappa shape index (κ2) is 6.15. The van der Waals surface area contributed by atoms with Gasteiger partial charge in [-0.25, -0.2) is 0 Å². The molecule has 1 heterocycles. The summed E-state index contributed by atoms with van der Waals surface area (Å²) in [6.07, 6.45) is 0.672. The van der Waals surface area contributed by atoms with E-state index in [9.17, 15) is 9.59 Å². The lowest BCUT2D eigenvalue weighted by molar-refractivity contribution is -0.137. The Bertz CT molecular complexity index is 321. The van der Waals surface area contributed by atoms with E-state index in [0.29, 0.717) is 26.2 Å². The third-order valence-electron chi connectivity index (χ3n) is 3.50. The van der Waals surface area contributed by atoms with Crippen LogP contribution in [0.25, 0.3) is 0 Å². The van der Waals surface area contributed by atoms with Gasteiger partial charge in [-0.05, 0) is 19.3 Å². The van der Waals surface area contributed by atoms with Gasteiger partial charge in [0.2, 0.25) is 5.91 Å². The average molecular weight is 258 g/mol. The van der Waals surface area contributed by atoms with E-state index in [1.54, 1.807) is 6.92 Å². The summed E-state index contributed by atoms with van der Waals surface area (Å²) in [5.74, 6) is -0.798. The first kappa shape index (κ1) is 14.9. The maximum Gasteiger partial charge on any atom is 0.303 e. The monoisotopic (exact) mass is 258 g/mol. The minimum absolute atomic E-state index is 0.116. The van der Waals surface area contributed by atoms with Crippen LogP contribution < -0.4 is 11.1 Å². The zero-order valence-electron chi connectivity index (χ0n) is 10.9. The van der Waals surface area contributed by atoms with Gasteiger partial charge in [-0.2, -0.15) is 0 Å². The van der Waals surface area contributed by atoms with E-state index < -0.39 is 11.4 Å². The standard InChI is InChI=1S/C12H22N2O4/c1-8(3-4-10(15)16)5-14-11(17)12(2)7-18-6-9(12)13/h8-9H,3-7,13H2,1-2H3,(H,14,17)(H,15,16). The van der Waals surface area contributed by atoms with E-state index in [1.165, 1.54) is 0 Å². The summed E-state index contributed by atoms with van der Waals surface area (Å²) in [5.41, 5.74) is 5.18. The molecule has 1 aliphatic heterocycles. The van der Waals surface area contributed by atoms with Crippen LogP contribution in [0.15, 0.2) is 0 Å². The first-order chi connectivity index (χ1) is 8.36. The molecule has 1 aliphatic rings. The van der Waals surface area contributed by atoms with Gasteiger partial charge in [-0.15, -0.1) is 0 Å². The van der Waals surface area contributed by atoms with Crippen LogP contribution in [-0.2, 0) is 14.3 Å². The molecule has 0 aliphatic carbocycles. The normalized spacial score (nSPS) is 28.9. The van der Waals surface area contributed by atoms with Gasteiger partial charge < -0.3 is 20.9 Å². The number of amides is 1. The van der Waals surface area contributed by atoms with Crippen LogP contribution in [0.5, 0.6) is 0 Å². The largest absolute Gasteiger partial charge is 0.481 e. The number of carbonyl (C=O) groups is 2. The van der Waals surface area contributed by atoms with Crippen molar-refractivity contribution in [2.45, 2.75) is 32.7 Å². The fourth-order valence-electron chi connectivity index (χ4n) is 1.86. The molecule has 6 nitrogen and oxygen atoms in total. The van der Waals surface area contributed by atoms with E-state index in [4.69, 9.17) is 15.6 Å². The topological polar surface area (TPSA) is 102 Å². The summed E-state index contributed by atoms with van der Waals surface area (Å²) in [6.45, 7) is 4.91. The van der Waals surface area contributed by atoms with E-state index in [2.05, 4.69) is 5.32 Å². The molecule has 0 spiro atoms. The predicted octanol–water partition coefficient (Wildman–Crippen LogP) is -0.0327. The van der Waals surface area contributed by atoms with Crippen LogP contribution in [-0.4, -0.2) is 42.8 Å². The molecule has 1 fully saturated rings. The smallest absolute Gasteiger partial charge is 0.303 e. The molecule has 3 atom stereocenters. The number of rotatable bonds is 6. The van der Waals surface area contributed by atoms with Gasteiger partial charge in [-0.3, -0.25) is 9.59 Å². The van der Waals surface area contributed by atoms with Crippen molar-refractivity contribution in [2.24, 2.45) is 17.1 Å². The Labute approximate surface area is 107 Å². The number of aliphatic carboxylic acids is 1. The Balaban J connectivity index is 2.34. The molecule has 4 N–H and O–H groups in total. The number of nitrogens with one attached hydrogen (secondary N) is 1. The Hall–Kier alpha value is -1.14. The number of nitrogens with two attached hydrogens (primary N) is 1. The van der Waals surface area contributed by atoms with Crippen molar-refractivity contribution < 1.29 is 19.4 Å². The second-order valence-electron chi connectivity index (χ2n) is 5.29. The van der Waals surface area contributed by atoms with Gasteiger partial charge in [0.1, 0.15) is 0 Å². The molecule has 1 amide bonds. The first-order valence-corrected chi connectivity index (χ1v) is 6.19. The molecule has 1 saturated heterocycles. The second-order valence-corrected chi connectivity index (χ2v) is 5.29. The summed E-state index contributed by atoms with van der Waals surface area (Å²) in [4.78, 5) is 22.5. The SMILES string of the molecule is CC(CCC(=O)O)CNC(=O)C1(C)COCC1N. The zero-order chi connectivity index (χ0) is 13.8. The molecule has 1 rings (SSSR count). The summed E-state index contributed by atoms with van der Waals surface area (Å²) in [5, 5.41) is 11.4. The molecule has 18 heavy (non-hydrogen) atoms. The third kappa shape index (κ3) is 3.68. The van der Waals surface area contributed by atoms with Gasteiger partial charge in [0.25, 0.3) is 0 Å². The van der Waals surface area contributed by atoms with E-state index >= 15 is 0 Å². The number of carboxylic acid groups (broad SMARTS) is 1. The van der Waals surface area contributed by atoms with Crippen LogP contribution in [0.4, 0.5) is 0 Å².